The molecule has 3 unspecified atom stereocenters. The molecule has 2 rings (SSSR count). The van der Waals surface area contributed by atoms with Crippen molar-refractivity contribution in [1.82, 2.24) is 10.2 Å². The lowest BCUT2D eigenvalue weighted by Crippen LogP contribution is -2.52. The van der Waals surface area contributed by atoms with E-state index in [0.29, 0.717) is 6.04 Å². The number of hydrogen-bond donors (Lipinski definition) is 2. The maximum absolute atomic E-state index is 12.3. The van der Waals surface area contributed by atoms with E-state index in [9.17, 15) is 4.79 Å². The third kappa shape index (κ3) is 4.17. The average Bonchev–Trinajstić information content (AvgIpc) is 2.47. The van der Waals surface area contributed by atoms with Crippen molar-refractivity contribution in [2.45, 2.75) is 56.7 Å². The van der Waals surface area contributed by atoms with Crippen molar-refractivity contribution in [3.05, 3.63) is 0 Å². The molecule has 1 aliphatic heterocycles. The maximum Gasteiger partial charge on any atom is 0.237 e. The molecule has 0 aromatic heterocycles. The zero-order chi connectivity index (χ0) is 14.5. The number of rotatable bonds is 4. The van der Waals surface area contributed by atoms with Crippen LogP contribution in [-0.4, -0.2) is 56.2 Å². The number of ether oxygens (including phenoxy) is 1. The van der Waals surface area contributed by atoms with Crippen molar-refractivity contribution in [1.29, 1.82) is 0 Å². The van der Waals surface area contributed by atoms with Crippen molar-refractivity contribution < 1.29 is 9.53 Å². The summed E-state index contributed by atoms with van der Waals surface area (Å²) in [4.78, 5) is 14.6. The minimum absolute atomic E-state index is 0.0290. The first-order chi connectivity index (χ1) is 9.58. The first-order valence-corrected chi connectivity index (χ1v) is 7.88. The van der Waals surface area contributed by atoms with Crippen LogP contribution in [-0.2, 0) is 9.53 Å². The van der Waals surface area contributed by atoms with Crippen molar-refractivity contribution in [3.63, 3.8) is 0 Å². The van der Waals surface area contributed by atoms with Crippen LogP contribution in [0, 0.1) is 5.92 Å². The van der Waals surface area contributed by atoms with E-state index in [-0.39, 0.29) is 23.9 Å². The minimum Gasteiger partial charge on any atom is -0.381 e. The van der Waals surface area contributed by atoms with Gasteiger partial charge in [-0.05, 0) is 58.5 Å². The Morgan fingerprint density at radius 2 is 1.95 bits per heavy atom. The Morgan fingerprint density at radius 1 is 1.25 bits per heavy atom. The topological polar surface area (TPSA) is 67.6 Å². The summed E-state index contributed by atoms with van der Waals surface area (Å²) in [6.45, 7) is 1.47. The number of carbonyl (C=O) groups is 1. The van der Waals surface area contributed by atoms with Crippen molar-refractivity contribution in [2.75, 3.05) is 27.3 Å². The van der Waals surface area contributed by atoms with Gasteiger partial charge < -0.3 is 20.7 Å². The summed E-state index contributed by atoms with van der Waals surface area (Å²) in [6, 6.07) is 0.488. The van der Waals surface area contributed by atoms with Crippen molar-refractivity contribution in [3.8, 4) is 0 Å². The van der Waals surface area contributed by atoms with Crippen LogP contribution in [0.4, 0.5) is 0 Å². The van der Waals surface area contributed by atoms with E-state index in [1.54, 1.807) is 0 Å². The SMILES string of the molecule is CN(C)C1CCCC(NC(=O)C(N)C2CCOCC2)C1. The summed E-state index contributed by atoms with van der Waals surface area (Å²) >= 11 is 0. The monoisotopic (exact) mass is 283 g/mol. The predicted octanol–water partition coefficient (Wildman–Crippen LogP) is 0.729. The molecule has 2 aliphatic rings. The lowest BCUT2D eigenvalue weighted by molar-refractivity contribution is -0.125. The van der Waals surface area contributed by atoms with Crippen LogP contribution in [0.15, 0.2) is 0 Å². The standard InChI is InChI=1S/C15H29N3O2/c1-18(2)13-5-3-4-12(10-13)17-15(19)14(16)11-6-8-20-9-7-11/h11-14H,3-10,16H2,1-2H3,(H,17,19). The molecule has 5 nitrogen and oxygen atoms in total. The van der Waals surface area contributed by atoms with Gasteiger partial charge in [0.25, 0.3) is 0 Å². The van der Waals surface area contributed by atoms with Crippen LogP contribution in [0.3, 0.4) is 0 Å². The zero-order valence-electron chi connectivity index (χ0n) is 12.8. The summed E-state index contributed by atoms with van der Waals surface area (Å²) in [5.41, 5.74) is 6.13. The van der Waals surface area contributed by atoms with Crippen LogP contribution >= 0.6 is 0 Å². The molecule has 3 N–H and O–H groups in total. The smallest absolute Gasteiger partial charge is 0.237 e. The van der Waals surface area contributed by atoms with Crippen molar-refractivity contribution >= 4 is 5.91 Å². The Balaban J connectivity index is 1.80. The predicted molar refractivity (Wildman–Crippen MR) is 79.4 cm³/mol. The number of carbonyl (C=O) groups excluding carboxylic acids is 1. The molecule has 0 spiro atoms. The van der Waals surface area contributed by atoms with E-state index in [1.165, 1.54) is 12.8 Å². The Morgan fingerprint density at radius 3 is 2.60 bits per heavy atom. The van der Waals surface area contributed by atoms with E-state index in [4.69, 9.17) is 10.5 Å². The molecular formula is C15H29N3O2. The quantitative estimate of drug-likeness (QED) is 0.798. The lowest BCUT2D eigenvalue weighted by Gasteiger charge is -2.35. The second-order valence-electron chi connectivity index (χ2n) is 6.47. The fourth-order valence-electron chi connectivity index (χ4n) is 3.35. The van der Waals surface area contributed by atoms with Gasteiger partial charge in [-0.1, -0.05) is 0 Å². The second-order valence-corrected chi connectivity index (χ2v) is 6.47. The molecule has 116 valence electrons. The Bertz CT molecular complexity index is 316. The molecule has 5 heteroatoms. The van der Waals surface area contributed by atoms with E-state index in [0.717, 1.165) is 38.9 Å². The first-order valence-electron chi connectivity index (χ1n) is 7.88. The number of nitrogens with zero attached hydrogens (tertiary/aromatic N) is 1. The van der Waals surface area contributed by atoms with Gasteiger partial charge in [0.1, 0.15) is 0 Å². The summed E-state index contributed by atoms with van der Waals surface area (Å²) in [5, 5.41) is 3.17. The highest BCUT2D eigenvalue weighted by Crippen LogP contribution is 2.22. The summed E-state index contributed by atoms with van der Waals surface area (Å²) < 4.78 is 5.33. The zero-order valence-corrected chi connectivity index (χ0v) is 12.8. The highest BCUT2D eigenvalue weighted by molar-refractivity contribution is 5.82. The Kier molecular flexibility index (Phi) is 5.81. The third-order valence-corrected chi connectivity index (χ3v) is 4.80. The normalized spacial score (nSPS) is 30.2. The Labute approximate surface area is 122 Å². The summed E-state index contributed by atoms with van der Waals surface area (Å²) in [5.74, 6) is 0.304. The van der Waals surface area contributed by atoms with Gasteiger partial charge in [0, 0.05) is 25.3 Å². The van der Waals surface area contributed by atoms with Gasteiger partial charge in [-0.15, -0.1) is 0 Å². The van der Waals surface area contributed by atoms with Gasteiger partial charge in [0.05, 0.1) is 6.04 Å². The van der Waals surface area contributed by atoms with Crippen LogP contribution in [0.5, 0.6) is 0 Å². The van der Waals surface area contributed by atoms with Crippen LogP contribution in [0.2, 0.25) is 0 Å². The molecule has 0 aromatic carbocycles. The fourth-order valence-corrected chi connectivity index (χ4v) is 3.35. The highest BCUT2D eigenvalue weighted by atomic mass is 16.5. The van der Waals surface area contributed by atoms with E-state index in [1.807, 2.05) is 0 Å². The Hall–Kier alpha value is -0.650. The van der Waals surface area contributed by atoms with Gasteiger partial charge in [0.2, 0.25) is 5.91 Å². The molecule has 0 radical (unpaired) electrons. The van der Waals surface area contributed by atoms with Crippen LogP contribution in [0.1, 0.15) is 38.5 Å². The van der Waals surface area contributed by atoms with E-state index in [2.05, 4.69) is 24.3 Å². The minimum atomic E-state index is -0.376. The van der Waals surface area contributed by atoms with Crippen LogP contribution in [0.25, 0.3) is 0 Å². The summed E-state index contributed by atoms with van der Waals surface area (Å²) in [7, 11) is 4.23. The van der Waals surface area contributed by atoms with Crippen molar-refractivity contribution in [2.24, 2.45) is 11.7 Å². The molecule has 20 heavy (non-hydrogen) atoms. The largest absolute Gasteiger partial charge is 0.381 e. The molecule has 3 atom stereocenters. The molecule has 1 aliphatic carbocycles. The van der Waals surface area contributed by atoms with Gasteiger partial charge >= 0.3 is 0 Å². The molecule has 1 amide bonds. The average molecular weight is 283 g/mol. The number of amides is 1. The first kappa shape index (κ1) is 15.7. The van der Waals surface area contributed by atoms with Gasteiger partial charge in [-0.3, -0.25) is 4.79 Å². The number of nitrogens with two attached hydrogens (primary N) is 1. The molecule has 0 bridgehead atoms. The second kappa shape index (κ2) is 7.38. The molecule has 1 heterocycles. The van der Waals surface area contributed by atoms with Gasteiger partial charge in [0.15, 0.2) is 0 Å². The van der Waals surface area contributed by atoms with Crippen LogP contribution < -0.4 is 11.1 Å². The number of hydrogen-bond acceptors (Lipinski definition) is 4. The molecule has 0 aromatic rings. The molecule has 1 saturated heterocycles. The molecule has 2 fully saturated rings. The van der Waals surface area contributed by atoms with Gasteiger partial charge in [-0.25, -0.2) is 0 Å². The summed E-state index contributed by atoms with van der Waals surface area (Å²) in [6.07, 6.45) is 6.33. The molecule has 1 saturated carbocycles. The third-order valence-electron chi connectivity index (χ3n) is 4.80. The van der Waals surface area contributed by atoms with E-state index >= 15 is 0 Å². The fraction of sp³-hybridized carbons (Fsp3) is 0.933. The van der Waals surface area contributed by atoms with Gasteiger partial charge in [-0.2, -0.15) is 0 Å². The lowest BCUT2D eigenvalue weighted by atomic mass is 9.88. The highest BCUT2D eigenvalue weighted by Gasteiger charge is 2.30. The maximum atomic E-state index is 12.3. The number of nitrogens with one attached hydrogen (secondary N) is 1. The molecular weight excluding hydrogens is 254 g/mol. The van der Waals surface area contributed by atoms with E-state index < -0.39 is 0 Å².